The molecule has 0 aliphatic heterocycles. The molecule has 0 unspecified atom stereocenters. The summed E-state index contributed by atoms with van der Waals surface area (Å²) < 4.78 is 18.9. The van der Waals surface area contributed by atoms with Crippen molar-refractivity contribution in [2.75, 3.05) is 12.4 Å². The van der Waals surface area contributed by atoms with E-state index >= 15 is 0 Å². The summed E-state index contributed by atoms with van der Waals surface area (Å²) in [4.78, 5) is 8.16. The van der Waals surface area contributed by atoms with Crippen molar-refractivity contribution in [1.29, 1.82) is 0 Å². The van der Waals surface area contributed by atoms with E-state index in [0.717, 1.165) is 11.3 Å². The van der Waals surface area contributed by atoms with Crippen molar-refractivity contribution in [3.63, 3.8) is 0 Å². The minimum atomic E-state index is -0.348. The molecule has 1 heterocycles. The van der Waals surface area contributed by atoms with Crippen molar-refractivity contribution < 1.29 is 9.13 Å². The van der Waals surface area contributed by atoms with Crippen LogP contribution < -0.4 is 10.1 Å². The van der Waals surface area contributed by atoms with Gasteiger partial charge in [0.1, 0.15) is 29.2 Å². The molecule has 2 aromatic carbocycles. The Bertz CT molecular complexity index is 776. The number of hydrogen-bond acceptors (Lipinski definition) is 4. The van der Waals surface area contributed by atoms with E-state index in [9.17, 15) is 4.39 Å². The van der Waals surface area contributed by atoms with Gasteiger partial charge >= 0.3 is 0 Å². The van der Waals surface area contributed by atoms with E-state index in [1.807, 2.05) is 24.3 Å². The zero-order valence-electron chi connectivity index (χ0n) is 11.5. The first kappa shape index (κ1) is 13.3. The van der Waals surface area contributed by atoms with E-state index in [1.165, 1.54) is 12.4 Å². The molecule has 1 aromatic heterocycles. The first-order chi connectivity index (χ1) is 10.3. The summed E-state index contributed by atoms with van der Waals surface area (Å²) in [7, 11) is 1.63. The van der Waals surface area contributed by atoms with Crippen LogP contribution in [0.1, 0.15) is 5.56 Å². The van der Waals surface area contributed by atoms with Crippen molar-refractivity contribution in [1.82, 2.24) is 9.97 Å². The number of para-hydroxylation sites is 1. The van der Waals surface area contributed by atoms with Crippen LogP contribution in [0.4, 0.5) is 10.2 Å². The lowest BCUT2D eigenvalue weighted by molar-refractivity contribution is 0.414. The van der Waals surface area contributed by atoms with Crippen LogP contribution in [0.2, 0.25) is 0 Å². The predicted molar refractivity (Wildman–Crippen MR) is 79.8 cm³/mol. The summed E-state index contributed by atoms with van der Waals surface area (Å²) in [5.41, 5.74) is 1.37. The smallest absolute Gasteiger partial charge is 0.149 e. The molecule has 0 radical (unpaired) electrons. The standard InChI is InChI=1S/C16H14FN3O/c1-21-12-5-2-4-11(8-12)9-18-16-13-6-3-7-14(17)15(13)19-10-20-16/h2-8,10H,9H2,1H3,(H,18,19,20). The first-order valence-corrected chi connectivity index (χ1v) is 6.54. The molecule has 0 atom stereocenters. The Morgan fingerprint density at radius 1 is 1.14 bits per heavy atom. The number of aromatic nitrogens is 2. The van der Waals surface area contributed by atoms with Gasteiger partial charge in [0.25, 0.3) is 0 Å². The van der Waals surface area contributed by atoms with E-state index in [1.54, 1.807) is 19.2 Å². The van der Waals surface area contributed by atoms with Crippen LogP contribution in [-0.2, 0) is 6.54 Å². The molecule has 0 fully saturated rings. The Labute approximate surface area is 121 Å². The Hall–Kier alpha value is -2.69. The number of nitrogens with zero attached hydrogens (tertiary/aromatic N) is 2. The van der Waals surface area contributed by atoms with Crippen molar-refractivity contribution in [2.45, 2.75) is 6.54 Å². The molecule has 4 nitrogen and oxygen atoms in total. The zero-order chi connectivity index (χ0) is 14.7. The number of fused-ring (bicyclic) bond motifs is 1. The van der Waals surface area contributed by atoms with Gasteiger partial charge in [-0.15, -0.1) is 0 Å². The van der Waals surface area contributed by atoms with Gasteiger partial charge < -0.3 is 10.1 Å². The lowest BCUT2D eigenvalue weighted by atomic mass is 10.2. The number of halogens is 1. The summed E-state index contributed by atoms with van der Waals surface area (Å²) >= 11 is 0. The zero-order valence-corrected chi connectivity index (χ0v) is 11.5. The molecular weight excluding hydrogens is 269 g/mol. The topological polar surface area (TPSA) is 47.0 Å². The van der Waals surface area contributed by atoms with Gasteiger partial charge in [-0.2, -0.15) is 0 Å². The third kappa shape index (κ3) is 2.76. The molecule has 0 aliphatic rings. The summed E-state index contributed by atoms with van der Waals surface area (Å²) in [5, 5.41) is 3.88. The fraction of sp³-hybridized carbons (Fsp3) is 0.125. The number of methoxy groups -OCH3 is 1. The second kappa shape index (κ2) is 5.75. The minimum absolute atomic E-state index is 0.320. The van der Waals surface area contributed by atoms with E-state index in [0.29, 0.717) is 23.3 Å². The molecule has 0 bridgehead atoms. The van der Waals surface area contributed by atoms with Crippen LogP contribution in [0.25, 0.3) is 10.9 Å². The van der Waals surface area contributed by atoms with Crippen LogP contribution >= 0.6 is 0 Å². The average molecular weight is 283 g/mol. The number of ether oxygens (including phenoxy) is 1. The normalized spacial score (nSPS) is 10.6. The van der Waals surface area contributed by atoms with Crippen molar-refractivity contribution >= 4 is 16.7 Å². The maximum absolute atomic E-state index is 13.7. The minimum Gasteiger partial charge on any atom is -0.497 e. The van der Waals surface area contributed by atoms with Crippen LogP contribution in [0.5, 0.6) is 5.75 Å². The fourth-order valence-electron chi connectivity index (χ4n) is 2.16. The lowest BCUT2D eigenvalue weighted by Crippen LogP contribution is -2.03. The predicted octanol–water partition coefficient (Wildman–Crippen LogP) is 3.39. The maximum Gasteiger partial charge on any atom is 0.149 e. The molecule has 5 heteroatoms. The summed E-state index contributed by atoms with van der Waals surface area (Å²) in [6, 6.07) is 12.6. The molecule has 3 rings (SSSR count). The number of hydrogen-bond donors (Lipinski definition) is 1. The third-order valence-electron chi connectivity index (χ3n) is 3.21. The van der Waals surface area contributed by atoms with E-state index in [-0.39, 0.29) is 5.82 Å². The summed E-state index contributed by atoms with van der Waals surface area (Å²) in [5.74, 6) is 1.06. The van der Waals surface area contributed by atoms with E-state index < -0.39 is 0 Å². The largest absolute Gasteiger partial charge is 0.497 e. The molecule has 3 aromatic rings. The highest BCUT2D eigenvalue weighted by Gasteiger charge is 2.07. The summed E-state index contributed by atoms with van der Waals surface area (Å²) in [6.45, 7) is 0.569. The van der Waals surface area contributed by atoms with Gasteiger partial charge in [-0.25, -0.2) is 14.4 Å². The molecular formula is C16H14FN3O. The molecule has 106 valence electrons. The molecule has 21 heavy (non-hydrogen) atoms. The van der Waals surface area contributed by atoms with Gasteiger partial charge in [0, 0.05) is 11.9 Å². The number of rotatable bonds is 4. The molecule has 0 amide bonds. The van der Waals surface area contributed by atoms with Crippen LogP contribution in [-0.4, -0.2) is 17.1 Å². The van der Waals surface area contributed by atoms with E-state index in [2.05, 4.69) is 15.3 Å². The highest BCUT2D eigenvalue weighted by molar-refractivity contribution is 5.89. The average Bonchev–Trinajstić information content (AvgIpc) is 2.53. The Kier molecular flexibility index (Phi) is 3.64. The highest BCUT2D eigenvalue weighted by Crippen LogP contribution is 2.22. The van der Waals surface area contributed by atoms with Crippen molar-refractivity contribution in [3.05, 3.63) is 60.2 Å². The monoisotopic (exact) mass is 283 g/mol. The molecule has 0 spiro atoms. The van der Waals surface area contributed by atoms with Gasteiger partial charge in [-0.05, 0) is 29.8 Å². The van der Waals surface area contributed by atoms with Crippen LogP contribution in [0, 0.1) is 5.82 Å². The molecule has 1 N–H and O–H groups in total. The van der Waals surface area contributed by atoms with Crippen molar-refractivity contribution in [3.8, 4) is 5.75 Å². The fourth-order valence-corrected chi connectivity index (χ4v) is 2.16. The van der Waals surface area contributed by atoms with Crippen LogP contribution in [0.15, 0.2) is 48.8 Å². The lowest BCUT2D eigenvalue weighted by Gasteiger charge is -2.09. The first-order valence-electron chi connectivity index (χ1n) is 6.54. The maximum atomic E-state index is 13.7. The molecule has 0 saturated heterocycles. The van der Waals surface area contributed by atoms with Crippen molar-refractivity contribution in [2.24, 2.45) is 0 Å². The SMILES string of the molecule is COc1cccc(CNc2ncnc3c(F)cccc23)c1. The highest BCUT2D eigenvalue weighted by atomic mass is 19.1. The Morgan fingerprint density at radius 3 is 2.86 bits per heavy atom. The van der Waals surface area contributed by atoms with Gasteiger partial charge in [-0.3, -0.25) is 0 Å². The van der Waals surface area contributed by atoms with Crippen LogP contribution in [0.3, 0.4) is 0 Å². The number of anilines is 1. The molecule has 0 saturated carbocycles. The Morgan fingerprint density at radius 2 is 2.00 bits per heavy atom. The van der Waals surface area contributed by atoms with Gasteiger partial charge in [0.15, 0.2) is 0 Å². The Balaban J connectivity index is 1.87. The second-order valence-electron chi connectivity index (χ2n) is 4.56. The molecule has 0 aliphatic carbocycles. The van der Waals surface area contributed by atoms with Gasteiger partial charge in [-0.1, -0.05) is 18.2 Å². The quantitative estimate of drug-likeness (QED) is 0.797. The third-order valence-corrected chi connectivity index (χ3v) is 3.21. The van der Waals surface area contributed by atoms with Gasteiger partial charge in [0.2, 0.25) is 0 Å². The van der Waals surface area contributed by atoms with Gasteiger partial charge in [0.05, 0.1) is 7.11 Å². The number of nitrogens with one attached hydrogen (secondary N) is 1. The second-order valence-corrected chi connectivity index (χ2v) is 4.56. The number of benzene rings is 2. The summed E-state index contributed by atoms with van der Waals surface area (Å²) in [6.07, 6.45) is 1.36. The van der Waals surface area contributed by atoms with E-state index in [4.69, 9.17) is 4.74 Å².